The molecule has 0 saturated heterocycles. The van der Waals surface area contributed by atoms with Crippen LogP contribution >= 0.6 is 0 Å². The molecule has 0 bridgehead atoms. The molecule has 0 N–H and O–H groups in total. The van der Waals surface area contributed by atoms with Gasteiger partial charge < -0.3 is 0 Å². The van der Waals surface area contributed by atoms with Crippen LogP contribution in [0.3, 0.4) is 0 Å². The molecule has 0 aromatic heterocycles. The third-order valence-corrected chi connectivity index (χ3v) is 6.12. The van der Waals surface area contributed by atoms with E-state index in [2.05, 4.69) is 0 Å². The fraction of sp³-hybridized carbons (Fsp3) is 0.125. The zero-order chi connectivity index (χ0) is 25.3. The molecule has 0 aliphatic carbocycles. The summed E-state index contributed by atoms with van der Waals surface area (Å²) in [6.07, 6.45) is 0.0147. The highest BCUT2D eigenvalue weighted by Crippen LogP contribution is 2.27. The SMILES string of the molecule is O=C(Cc1ccccc1)C(C(=O)C(=O)C(C(=O)Cc1ccccc1)c1ccccc1)c1ccccc1. The normalized spacial score (nSPS) is 12.3. The number of carbonyl (C=O) groups is 4. The van der Waals surface area contributed by atoms with Gasteiger partial charge in [0, 0.05) is 12.8 Å². The van der Waals surface area contributed by atoms with Crippen LogP contribution < -0.4 is 0 Å². The van der Waals surface area contributed by atoms with E-state index < -0.39 is 23.4 Å². The van der Waals surface area contributed by atoms with Gasteiger partial charge >= 0.3 is 0 Å². The minimum atomic E-state index is -1.28. The summed E-state index contributed by atoms with van der Waals surface area (Å²) in [6, 6.07) is 35.4. The van der Waals surface area contributed by atoms with Gasteiger partial charge in [-0.25, -0.2) is 0 Å². The van der Waals surface area contributed by atoms with Crippen molar-refractivity contribution >= 4 is 23.1 Å². The second-order valence-corrected chi connectivity index (χ2v) is 8.67. The van der Waals surface area contributed by atoms with Crippen LogP contribution in [0.5, 0.6) is 0 Å². The quantitative estimate of drug-likeness (QED) is 0.218. The van der Waals surface area contributed by atoms with E-state index in [4.69, 9.17) is 0 Å². The third-order valence-electron chi connectivity index (χ3n) is 6.12. The Labute approximate surface area is 210 Å². The number of hydrogen-bond donors (Lipinski definition) is 0. The van der Waals surface area contributed by atoms with Crippen molar-refractivity contribution in [2.75, 3.05) is 0 Å². The third kappa shape index (κ3) is 5.97. The van der Waals surface area contributed by atoms with Crippen molar-refractivity contribution in [3.63, 3.8) is 0 Å². The Morgan fingerprint density at radius 3 is 1.00 bits per heavy atom. The molecule has 0 aliphatic rings. The van der Waals surface area contributed by atoms with Crippen LogP contribution in [0.1, 0.15) is 34.1 Å². The van der Waals surface area contributed by atoms with E-state index in [-0.39, 0.29) is 24.4 Å². The van der Waals surface area contributed by atoms with E-state index >= 15 is 0 Å². The van der Waals surface area contributed by atoms with Crippen molar-refractivity contribution in [3.8, 4) is 0 Å². The van der Waals surface area contributed by atoms with Gasteiger partial charge in [0.2, 0.25) is 11.6 Å². The van der Waals surface area contributed by atoms with Gasteiger partial charge in [-0.15, -0.1) is 0 Å². The number of ketones is 4. The zero-order valence-electron chi connectivity index (χ0n) is 19.7. The highest BCUT2D eigenvalue weighted by Gasteiger charge is 2.39. The molecule has 2 unspecified atom stereocenters. The van der Waals surface area contributed by atoms with Gasteiger partial charge in [-0.05, 0) is 22.3 Å². The lowest BCUT2D eigenvalue weighted by Crippen LogP contribution is -2.36. The van der Waals surface area contributed by atoms with E-state index in [1.807, 2.05) is 60.7 Å². The zero-order valence-corrected chi connectivity index (χ0v) is 19.7. The summed E-state index contributed by atoms with van der Waals surface area (Å²) in [4.78, 5) is 54.3. The highest BCUT2D eigenvalue weighted by atomic mass is 16.2. The van der Waals surface area contributed by atoms with Crippen LogP contribution in [0.15, 0.2) is 121 Å². The Kier molecular flexibility index (Phi) is 8.09. The van der Waals surface area contributed by atoms with E-state index in [1.165, 1.54) is 0 Å². The first-order valence-electron chi connectivity index (χ1n) is 11.9. The predicted octanol–water partition coefficient (Wildman–Crippen LogP) is 5.32. The number of Topliss-reactive ketones (excluding diaryl/α,β-unsaturated/α-hetero) is 4. The molecule has 0 saturated carbocycles. The molecule has 4 rings (SSSR count). The molecular weight excluding hydrogens is 448 g/mol. The highest BCUT2D eigenvalue weighted by molar-refractivity contribution is 6.48. The summed E-state index contributed by atoms with van der Waals surface area (Å²) in [6.45, 7) is 0. The van der Waals surface area contributed by atoms with Crippen molar-refractivity contribution in [1.29, 1.82) is 0 Å². The van der Waals surface area contributed by atoms with Crippen molar-refractivity contribution in [1.82, 2.24) is 0 Å². The van der Waals surface area contributed by atoms with Crippen LogP contribution in [0.25, 0.3) is 0 Å². The molecule has 0 aliphatic heterocycles. The molecule has 0 heterocycles. The van der Waals surface area contributed by atoms with Crippen molar-refractivity contribution in [3.05, 3.63) is 144 Å². The topological polar surface area (TPSA) is 68.3 Å². The lowest BCUT2D eigenvalue weighted by atomic mass is 9.79. The van der Waals surface area contributed by atoms with Crippen LogP contribution in [0, 0.1) is 0 Å². The maximum Gasteiger partial charge on any atom is 0.214 e. The van der Waals surface area contributed by atoms with Crippen molar-refractivity contribution < 1.29 is 19.2 Å². The molecule has 4 aromatic rings. The van der Waals surface area contributed by atoms with Crippen molar-refractivity contribution in [2.45, 2.75) is 24.7 Å². The van der Waals surface area contributed by atoms with E-state index in [9.17, 15) is 19.2 Å². The molecule has 0 spiro atoms. The predicted molar refractivity (Wildman–Crippen MR) is 139 cm³/mol. The average Bonchev–Trinajstić information content (AvgIpc) is 2.91. The van der Waals surface area contributed by atoms with Crippen LogP contribution in [-0.2, 0) is 32.0 Å². The van der Waals surface area contributed by atoms with Gasteiger partial charge in [0.1, 0.15) is 11.8 Å². The lowest BCUT2D eigenvalue weighted by Gasteiger charge is -2.19. The summed E-state index contributed by atoms with van der Waals surface area (Å²) >= 11 is 0. The van der Waals surface area contributed by atoms with E-state index in [1.54, 1.807) is 60.7 Å². The molecule has 2 atom stereocenters. The van der Waals surface area contributed by atoms with Crippen LogP contribution in [-0.4, -0.2) is 23.1 Å². The number of carbonyl (C=O) groups excluding carboxylic acids is 4. The van der Waals surface area contributed by atoms with Crippen molar-refractivity contribution in [2.24, 2.45) is 0 Å². The number of rotatable bonds is 11. The Morgan fingerprint density at radius 1 is 0.417 bits per heavy atom. The second-order valence-electron chi connectivity index (χ2n) is 8.67. The standard InChI is InChI=1S/C32H26O4/c33-27(21-23-13-5-1-6-14-23)29(25-17-9-3-10-18-25)31(35)32(36)30(26-19-11-4-12-20-26)28(34)22-24-15-7-2-8-16-24/h1-20,29-30H,21-22H2. The van der Waals surface area contributed by atoms with Crippen LogP contribution in [0.2, 0.25) is 0 Å². The molecule has 4 heteroatoms. The average molecular weight is 475 g/mol. The summed E-state index contributed by atoms with van der Waals surface area (Å²) in [5, 5.41) is 0. The van der Waals surface area contributed by atoms with Gasteiger partial charge in [-0.1, -0.05) is 121 Å². The largest absolute Gasteiger partial charge is 0.298 e. The van der Waals surface area contributed by atoms with Gasteiger partial charge in [-0.2, -0.15) is 0 Å². The minimum absolute atomic E-state index is 0.00733. The van der Waals surface area contributed by atoms with Gasteiger partial charge in [0.25, 0.3) is 0 Å². The first-order chi connectivity index (χ1) is 17.5. The molecule has 0 radical (unpaired) electrons. The Morgan fingerprint density at radius 2 is 0.694 bits per heavy atom. The summed E-state index contributed by atoms with van der Waals surface area (Å²) in [7, 11) is 0. The minimum Gasteiger partial charge on any atom is -0.298 e. The molecule has 4 aromatic carbocycles. The Hall–Kier alpha value is -4.44. The molecule has 178 valence electrons. The summed E-state index contributed by atoms with van der Waals surface area (Å²) < 4.78 is 0. The monoisotopic (exact) mass is 474 g/mol. The first-order valence-corrected chi connectivity index (χ1v) is 11.9. The molecule has 36 heavy (non-hydrogen) atoms. The van der Waals surface area contributed by atoms with Gasteiger partial charge in [-0.3, -0.25) is 19.2 Å². The molecule has 0 amide bonds. The lowest BCUT2D eigenvalue weighted by molar-refractivity contribution is -0.143. The Balaban J connectivity index is 1.68. The second kappa shape index (κ2) is 11.8. The van der Waals surface area contributed by atoms with Gasteiger partial charge in [0.05, 0.1) is 0 Å². The maximum atomic E-state index is 13.7. The smallest absolute Gasteiger partial charge is 0.214 e. The van der Waals surface area contributed by atoms with E-state index in [0.717, 1.165) is 11.1 Å². The summed E-state index contributed by atoms with van der Waals surface area (Å²) in [5.74, 6) is -5.06. The molecular formula is C32H26O4. The molecule has 0 fully saturated rings. The van der Waals surface area contributed by atoms with Crippen LogP contribution in [0.4, 0.5) is 0 Å². The van der Waals surface area contributed by atoms with E-state index in [0.29, 0.717) is 11.1 Å². The first kappa shape index (κ1) is 24.7. The fourth-order valence-electron chi connectivity index (χ4n) is 4.34. The summed E-state index contributed by atoms with van der Waals surface area (Å²) in [5.41, 5.74) is 2.39. The fourth-order valence-corrected chi connectivity index (χ4v) is 4.34. The Bertz CT molecular complexity index is 1220. The number of benzene rings is 4. The maximum absolute atomic E-state index is 13.7. The van der Waals surface area contributed by atoms with Gasteiger partial charge in [0.15, 0.2) is 11.6 Å². The molecule has 4 nitrogen and oxygen atoms in total. The number of hydrogen-bond acceptors (Lipinski definition) is 4.